The molecule has 0 aliphatic rings. The van der Waals surface area contributed by atoms with Crippen molar-refractivity contribution in [2.24, 2.45) is 16.6 Å². The summed E-state index contributed by atoms with van der Waals surface area (Å²) in [5.74, 6) is -0.159. The minimum absolute atomic E-state index is 0.105. The first-order chi connectivity index (χ1) is 14.9. The summed E-state index contributed by atoms with van der Waals surface area (Å²) in [4.78, 5) is 29.2. The van der Waals surface area contributed by atoms with Crippen LogP contribution in [0.4, 0.5) is 5.95 Å². The number of anilines is 1. The average Bonchev–Trinajstić information content (AvgIpc) is 3.22. The van der Waals surface area contributed by atoms with Crippen molar-refractivity contribution in [1.29, 1.82) is 0 Å². The average molecular weight is 422 g/mol. The number of carbonyl (C=O) groups excluding carboxylic acids is 1. The minimum atomic E-state index is -0.435. The van der Waals surface area contributed by atoms with Crippen molar-refractivity contribution in [3.8, 4) is 11.3 Å². The highest BCUT2D eigenvalue weighted by atomic mass is 16.5. The Labute approximate surface area is 180 Å². The van der Waals surface area contributed by atoms with Crippen LogP contribution in [0.2, 0.25) is 0 Å². The second-order valence-electron chi connectivity index (χ2n) is 7.36. The van der Waals surface area contributed by atoms with E-state index in [2.05, 4.69) is 25.0 Å². The molecular formula is C21H26N8O2. The molecule has 0 saturated heterocycles. The van der Waals surface area contributed by atoms with Crippen LogP contribution in [0.5, 0.6) is 0 Å². The Kier molecular flexibility index (Phi) is 7.03. The third-order valence-corrected chi connectivity index (χ3v) is 4.73. The highest BCUT2D eigenvalue weighted by Crippen LogP contribution is 2.26. The Morgan fingerprint density at radius 3 is 2.52 bits per heavy atom. The lowest BCUT2D eigenvalue weighted by Crippen LogP contribution is -2.27. The number of hydrogen-bond donors (Lipinski definition) is 2. The van der Waals surface area contributed by atoms with E-state index in [1.54, 1.807) is 36.6 Å². The Hall–Kier alpha value is -3.66. The fraction of sp³-hybridized carbons (Fsp3) is 0.333. The molecule has 0 saturated carbocycles. The first-order valence-electron chi connectivity index (χ1n) is 9.82. The predicted molar refractivity (Wildman–Crippen MR) is 117 cm³/mol. The van der Waals surface area contributed by atoms with Crippen molar-refractivity contribution in [3.05, 3.63) is 54.2 Å². The Morgan fingerprint density at radius 2 is 1.90 bits per heavy atom. The summed E-state index contributed by atoms with van der Waals surface area (Å²) >= 11 is 0. The van der Waals surface area contributed by atoms with Crippen LogP contribution in [0.15, 0.2) is 48.1 Å². The summed E-state index contributed by atoms with van der Waals surface area (Å²) in [5.41, 5.74) is 14.5. The zero-order chi connectivity index (χ0) is 22.4. The van der Waals surface area contributed by atoms with Gasteiger partial charge in [0.05, 0.1) is 30.6 Å². The third kappa shape index (κ3) is 5.48. The molecule has 0 aliphatic heterocycles. The Morgan fingerprint density at radius 1 is 1.16 bits per heavy atom. The summed E-state index contributed by atoms with van der Waals surface area (Å²) in [5, 5.41) is 4.14. The molecule has 0 aliphatic carbocycles. The maximum atomic E-state index is 12.6. The molecule has 0 spiro atoms. The summed E-state index contributed by atoms with van der Waals surface area (Å²) in [6.07, 6.45) is 8.07. The van der Waals surface area contributed by atoms with Gasteiger partial charge in [-0.15, -0.1) is 0 Å². The first-order valence-corrected chi connectivity index (χ1v) is 9.82. The molecule has 0 fully saturated rings. The maximum absolute atomic E-state index is 12.6. The second kappa shape index (κ2) is 9.90. The van der Waals surface area contributed by atoms with Gasteiger partial charge >= 0.3 is 0 Å². The van der Waals surface area contributed by atoms with E-state index >= 15 is 0 Å². The highest BCUT2D eigenvalue weighted by Gasteiger charge is 2.22. The summed E-state index contributed by atoms with van der Waals surface area (Å²) in [6.45, 7) is 5.08. The summed E-state index contributed by atoms with van der Waals surface area (Å²) < 4.78 is 6.65. The van der Waals surface area contributed by atoms with E-state index in [1.807, 2.05) is 26.0 Å². The molecule has 0 aromatic carbocycles. The number of ether oxygens (including phenoxy) is 1. The van der Waals surface area contributed by atoms with Gasteiger partial charge in [0.1, 0.15) is 5.84 Å². The molecule has 1 amide bonds. The summed E-state index contributed by atoms with van der Waals surface area (Å²) in [6, 6.07) is 3.77. The lowest BCUT2D eigenvalue weighted by molar-refractivity contribution is 0.100. The van der Waals surface area contributed by atoms with E-state index in [9.17, 15) is 4.79 Å². The van der Waals surface area contributed by atoms with Crippen molar-refractivity contribution in [1.82, 2.24) is 24.7 Å². The SMILES string of the molecule is COCCn1cc(C(=O)N=C(N)C(c2ccc(-c3cnc(N)nc3)nc2)C(C)C)cn1. The van der Waals surface area contributed by atoms with E-state index in [0.717, 1.165) is 11.1 Å². The molecule has 10 heteroatoms. The number of hydrogen-bond acceptors (Lipinski definition) is 7. The van der Waals surface area contributed by atoms with Crippen molar-refractivity contribution < 1.29 is 9.53 Å². The number of amidine groups is 1. The van der Waals surface area contributed by atoms with E-state index < -0.39 is 5.91 Å². The van der Waals surface area contributed by atoms with Crippen LogP contribution in [-0.2, 0) is 11.3 Å². The van der Waals surface area contributed by atoms with Crippen LogP contribution >= 0.6 is 0 Å². The van der Waals surface area contributed by atoms with Gasteiger partial charge in [-0.3, -0.25) is 14.5 Å². The first kappa shape index (κ1) is 22.0. The van der Waals surface area contributed by atoms with Gasteiger partial charge in [-0.05, 0) is 17.5 Å². The monoisotopic (exact) mass is 422 g/mol. The molecular weight excluding hydrogens is 396 g/mol. The van der Waals surface area contributed by atoms with Gasteiger partial charge in [-0.2, -0.15) is 10.1 Å². The molecule has 3 aromatic heterocycles. The predicted octanol–water partition coefficient (Wildman–Crippen LogP) is 1.90. The minimum Gasteiger partial charge on any atom is -0.387 e. The number of aliphatic imine (C=N–C) groups is 1. The van der Waals surface area contributed by atoms with Gasteiger partial charge in [-0.25, -0.2) is 9.97 Å². The topological polar surface area (TPSA) is 147 Å². The van der Waals surface area contributed by atoms with Crippen molar-refractivity contribution in [2.75, 3.05) is 19.5 Å². The number of nitrogen functional groups attached to an aromatic ring is 1. The van der Waals surface area contributed by atoms with Crippen molar-refractivity contribution >= 4 is 17.7 Å². The molecule has 4 N–H and O–H groups in total. The largest absolute Gasteiger partial charge is 0.387 e. The number of nitrogens with two attached hydrogens (primary N) is 2. The molecule has 1 unspecified atom stereocenters. The molecule has 31 heavy (non-hydrogen) atoms. The van der Waals surface area contributed by atoms with Crippen LogP contribution in [0.25, 0.3) is 11.3 Å². The lowest BCUT2D eigenvalue weighted by atomic mass is 9.88. The normalized spacial score (nSPS) is 12.8. The van der Waals surface area contributed by atoms with Gasteiger partial charge in [0.2, 0.25) is 5.95 Å². The third-order valence-electron chi connectivity index (χ3n) is 4.73. The quantitative estimate of drug-likeness (QED) is 0.413. The zero-order valence-electron chi connectivity index (χ0n) is 17.8. The van der Waals surface area contributed by atoms with Crippen LogP contribution in [0.3, 0.4) is 0 Å². The van der Waals surface area contributed by atoms with Crippen molar-refractivity contribution in [3.63, 3.8) is 0 Å². The van der Waals surface area contributed by atoms with Crippen LogP contribution in [0, 0.1) is 5.92 Å². The number of aromatic nitrogens is 5. The molecule has 10 nitrogen and oxygen atoms in total. The second-order valence-corrected chi connectivity index (χ2v) is 7.36. The van der Waals surface area contributed by atoms with Crippen LogP contribution < -0.4 is 11.5 Å². The van der Waals surface area contributed by atoms with Gasteiger partial charge < -0.3 is 16.2 Å². The van der Waals surface area contributed by atoms with E-state index in [0.29, 0.717) is 24.4 Å². The lowest BCUT2D eigenvalue weighted by Gasteiger charge is -2.20. The van der Waals surface area contributed by atoms with E-state index in [-0.39, 0.29) is 23.6 Å². The highest BCUT2D eigenvalue weighted by molar-refractivity contribution is 6.04. The smallest absolute Gasteiger partial charge is 0.281 e. The molecule has 3 heterocycles. The van der Waals surface area contributed by atoms with Gasteiger partial charge in [-0.1, -0.05) is 19.9 Å². The molecule has 1 atom stereocenters. The van der Waals surface area contributed by atoms with Gasteiger partial charge in [0.15, 0.2) is 0 Å². The van der Waals surface area contributed by atoms with Gasteiger partial charge in [0.25, 0.3) is 5.91 Å². The van der Waals surface area contributed by atoms with Crippen LogP contribution in [0.1, 0.15) is 35.7 Å². The fourth-order valence-electron chi connectivity index (χ4n) is 3.16. The molecule has 3 aromatic rings. The van der Waals surface area contributed by atoms with E-state index in [4.69, 9.17) is 16.2 Å². The maximum Gasteiger partial charge on any atom is 0.281 e. The standard InChI is InChI=1S/C21H26N8O2/c1-13(2)18(14-4-5-17(24-8-14)15-9-25-21(23)26-10-15)19(22)28-20(30)16-11-27-29(12-16)6-7-31-3/h4-5,8-13,18H,6-7H2,1-3H3,(H2,22,28,30)(H2,23,25,26). The number of rotatable bonds is 8. The number of pyridine rings is 1. The zero-order valence-corrected chi connectivity index (χ0v) is 17.8. The Balaban J connectivity index is 1.79. The number of amides is 1. The molecule has 3 rings (SSSR count). The Bertz CT molecular complexity index is 1040. The number of carbonyl (C=O) groups is 1. The number of nitrogens with zero attached hydrogens (tertiary/aromatic N) is 6. The van der Waals surface area contributed by atoms with Crippen LogP contribution in [-0.4, -0.2) is 50.2 Å². The fourth-order valence-corrected chi connectivity index (χ4v) is 3.16. The molecule has 0 bridgehead atoms. The van der Waals surface area contributed by atoms with Crippen molar-refractivity contribution in [2.45, 2.75) is 26.3 Å². The van der Waals surface area contributed by atoms with E-state index in [1.165, 1.54) is 6.20 Å². The summed E-state index contributed by atoms with van der Waals surface area (Å²) in [7, 11) is 1.61. The molecule has 0 radical (unpaired) electrons. The molecule has 162 valence electrons. The van der Waals surface area contributed by atoms with Gasteiger partial charge in [0, 0.05) is 43.4 Å². The number of methoxy groups -OCH3 is 1.